The van der Waals surface area contributed by atoms with Gasteiger partial charge in [0, 0.05) is 0 Å². The first-order valence-corrected chi connectivity index (χ1v) is 6.48. The molecular weight excluding hydrogens is 323 g/mol. The SMILES string of the molecule is C=CC(Oc1ccccc1I)c1ccccc1. The molecule has 1 unspecified atom stereocenters. The largest absolute Gasteiger partial charge is 0.481 e. The average molecular weight is 336 g/mol. The van der Waals surface area contributed by atoms with Crippen LogP contribution in [0.1, 0.15) is 11.7 Å². The van der Waals surface area contributed by atoms with Crippen molar-refractivity contribution in [3.63, 3.8) is 0 Å². The summed E-state index contributed by atoms with van der Waals surface area (Å²) >= 11 is 2.27. The second-order valence-corrected chi connectivity index (χ2v) is 4.78. The predicted octanol–water partition coefficient (Wildman–Crippen LogP) is 4.60. The second kappa shape index (κ2) is 5.87. The molecule has 0 spiro atoms. The fourth-order valence-electron chi connectivity index (χ4n) is 1.57. The molecule has 0 aliphatic heterocycles. The summed E-state index contributed by atoms with van der Waals surface area (Å²) in [5.41, 5.74) is 1.11. The number of hydrogen-bond donors (Lipinski definition) is 0. The highest BCUT2D eigenvalue weighted by atomic mass is 127. The van der Waals surface area contributed by atoms with E-state index < -0.39 is 0 Å². The van der Waals surface area contributed by atoms with Gasteiger partial charge in [0.05, 0.1) is 3.57 Å². The molecule has 0 aromatic heterocycles. The third-order valence-electron chi connectivity index (χ3n) is 2.43. The molecule has 0 amide bonds. The van der Waals surface area contributed by atoms with E-state index in [1.807, 2.05) is 60.7 Å². The smallest absolute Gasteiger partial charge is 0.142 e. The Bertz CT molecular complexity index is 493. The molecule has 0 aliphatic rings. The van der Waals surface area contributed by atoms with Crippen LogP contribution in [0.25, 0.3) is 0 Å². The van der Waals surface area contributed by atoms with Gasteiger partial charge in [0.25, 0.3) is 0 Å². The molecule has 86 valence electrons. The summed E-state index contributed by atoms with van der Waals surface area (Å²) in [7, 11) is 0. The van der Waals surface area contributed by atoms with Crippen LogP contribution in [0.3, 0.4) is 0 Å². The van der Waals surface area contributed by atoms with Crippen LogP contribution in [0.15, 0.2) is 67.3 Å². The third-order valence-corrected chi connectivity index (χ3v) is 3.32. The van der Waals surface area contributed by atoms with Crippen LogP contribution >= 0.6 is 22.6 Å². The van der Waals surface area contributed by atoms with Gasteiger partial charge in [-0.05, 0) is 46.4 Å². The minimum Gasteiger partial charge on any atom is -0.481 e. The monoisotopic (exact) mass is 336 g/mol. The van der Waals surface area contributed by atoms with Gasteiger partial charge < -0.3 is 4.74 Å². The van der Waals surface area contributed by atoms with Gasteiger partial charge in [-0.3, -0.25) is 0 Å². The topological polar surface area (TPSA) is 9.23 Å². The van der Waals surface area contributed by atoms with E-state index in [0.717, 1.165) is 14.9 Å². The molecule has 2 aromatic carbocycles. The van der Waals surface area contributed by atoms with Crippen molar-refractivity contribution in [2.24, 2.45) is 0 Å². The summed E-state index contributed by atoms with van der Waals surface area (Å²) in [5, 5.41) is 0. The van der Waals surface area contributed by atoms with Gasteiger partial charge in [0.15, 0.2) is 0 Å². The highest BCUT2D eigenvalue weighted by molar-refractivity contribution is 14.1. The maximum Gasteiger partial charge on any atom is 0.142 e. The lowest BCUT2D eigenvalue weighted by atomic mass is 10.1. The highest BCUT2D eigenvalue weighted by Crippen LogP contribution is 2.26. The number of hydrogen-bond acceptors (Lipinski definition) is 1. The Morgan fingerprint density at radius 1 is 1.00 bits per heavy atom. The van der Waals surface area contributed by atoms with Crippen LogP contribution in [-0.2, 0) is 0 Å². The molecule has 0 bridgehead atoms. The van der Waals surface area contributed by atoms with Crippen molar-refractivity contribution in [1.29, 1.82) is 0 Å². The van der Waals surface area contributed by atoms with Crippen LogP contribution in [0, 0.1) is 3.57 Å². The minimum absolute atomic E-state index is 0.105. The summed E-state index contributed by atoms with van der Waals surface area (Å²) < 4.78 is 7.06. The van der Waals surface area contributed by atoms with Crippen molar-refractivity contribution in [3.8, 4) is 5.75 Å². The van der Waals surface area contributed by atoms with E-state index in [-0.39, 0.29) is 6.10 Å². The first-order chi connectivity index (χ1) is 8.31. The molecule has 2 rings (SSSR count). The number of para-hydroxylation sites is 1. The van der Waals surface area contributed by atoms with Gasteiger partial charge in [-0.25, -0.2) is 0 Å². The normalized spacial score (nSPS) is 11.8. The molecule has 0 saturated heterocycles. The minimum atomic E-state index is -0.105. The van der Waals surface area contributed by atoms with Crippen molar-refractivity contribution in [2.75, 3.05) is 0 Å². The zero-order chi connectivity index (χ0) is 12.1. The van der Waals surface area contributed by atoms with Crippen molar-refractivity contribution >= 4 is 22.6 Å². The van der Waals surface area contributed by atoms with Crippen molar-refractivity contribution in [3.05, 3.63) is 76.4 Å². The van der Waals surface area contributed by atoms with E-state index >= 15 is 0 Å². The summed E-state index contributed by atoms with van der Waals surface area (Å²) in [6, 6.07) is 18.1. The average Bonchev–Trinajstić information content (AvgIpc) is 2.39. The standard InChI is InChI=1S/C15H13IO/c1-2-14(12-8-4-3-5-9-12)17-15-11-7-6-10-13(15)16/h2-11,14H,1H2. The molecular formula is C15H13IO. The molecule has 1 atom stereocenters. The van der Waals surface area contributed by atoms with E-state index in [4.69, 9.17) is 4.74 Å². The molecule has 0 aliphatic carbocycles. The second-order valence-electron chi connectivity index (χ2n) is 3.62. The van der Waals surface area contributed by atoms with Crippen molar-refractivity contribution in [1.82, 2.24) is 0 Å². The molecule has 0 radical (unpaired) electrons. The molecule has 1 nitrogen and oxygen atoms in total. The van der Waals surface area contributed by atoms with Gasteiger partial charge in [-0.1, -0.05) is 49.0 Å². The lowest BCUT2D eigenvalue weighted by molar-refractivity contribution is 0.254. The maximum atomic E-state index is 5.95. The fraction of sp³-hybridized carbons (Fsp3) is 0.0667. The molecule has 17 heavy (non-hydrogen) atoms. The zero-order valence-corrected chi connectivity index (χ0v) is 11.5. The summed E-state index contributed by atoms with van der Waals surface area (Å²) in [6.45, 7) is 3.84. The lowest BCUT2D eigenvalue weighted by Gasteiger charge is -2.16. The van der Waals surface area contributed by atoms with Crippen LogP contribution in [0.5, 0.6) is 5.75 Å². The first-order valence-electron chi connectivity index (χ1n) is 5.40. The third kappa shape index (κ3) is 3.09. The molecule has 2 aromatic rings. The number of ether oxygens (including phenoxy) is 1. The zero-order valence-electron chi connectivity index (χ0n) is 9.34. The van der Waals surface area contributed by atoms with Crippen LogP contribution in [0.4, 0.5) is 0 Å². The molecule has 0 fully saturated rings. The summed E-state index contributed by atoms with van der Waals surface area (Å²) in [4.78, 5) is 0. The van der Waals surface area contributed by atoms with Gasteiger partial charge in [0.1, 0.15) is 11.9 Å². The number of halogens is 1. The Balaban J connectivity index is 2.22. The molecule has 0 saturated carbocycles. The van der Waals surface area contributed by atoms with E-state index in [2.05, 4.69) is 29.2 Å². The highest BCUT2D eigenvalue weighted by Gasteiger charge is 2.10. The Labute approximate surface area is 115 Å². The van der Waals surface area contributed by atoms with E-state index in [1.165, 1.54) is 0 Å². The van der Waals surface area contributed by atoms with E-state index in [0.29, 0.717) is 0 Å². The molecule has 2 heteroatoms. The molecule has 0 heterocycles. The van der Waals surface area contributed by atoms with Crippen molar-refractivity contribution < 1.29 is 4.74 Å². The Morgan fingerprint density at radius 3 is 2.29 bits per heavy atom. The molecule has 0 N–H and O–H groups in total. The number of benzene rings is 2. The van der Waals surface area contributed by atoms with Gasteiger partial charge >= 0.3 is 0 Å². The van der Waals surface area contributed by atoms with E-state index in [9.17, 15) is 0 Å². The predicted molar refractivity (Wildman–Crippen MR) is 79.2 cm³/mol. The first kappa shape index (κ1) is 12.2. The summed E-state index contributed by atoms with van der Waals surface area (Å²) in [6.07, 6.45) is 1.71. The quantitative estimate of drug-likeness (QED) is 0.586. The lowest BCUT2D eigenvalue weighted by Crippen LogP contribution is -2.04. The van der Waals surface area contributed by atoms with Gasteiger partial charge in [0.2, 0.25) is 0 Å². The summed E-state index contributed by atoms with van der Waals surface area (Å²) in [5.74, 6) is 0.891. The van der Waals surface area contributed by atoms with Crippen molar-refractivity contribution in [2.45, 2.75) is 6.10 Å². The van der Waals surface area contributed by atoms with Crippen LogP contribution in [-0.4, -0.2) is 0 Å². The Kier molecular flexibility index (Phi) is 4.20. The van der Waals surface area contributed by atoms with E-state index in [1.54, 1.807) is 0 Å². The van der Waals surface area contributed by atoms with Crippen LogP contribution in [0.2, 0.25) is 0 Å². The fourth-order valence-corrected chi connectivity index (χ4v) is 2.09. The Hall–Kier alpha value is -1.29. The van der Waals surface area contributed by atoms with Gasteiger partial charge in [-0.15, -0.1) is 0 Å². The van der Waals surface area contributed by atoms with Gasteiger partial charge in [-0.2, -0.15) is 0 Å². The van der Waals surface area contributed by atoms with Crippen LogP contribution < -0.4 is 4.74 Å². The number of rotatable bonds is 4. The maximum absolute atomic E-state index is 5.95. The Morgan fingerprint density at radius 2 is 1.65 bits per heavy atom.